The van der Waals surface area contributed by atoms with Crippen LogP contribution >= 0.6 is 0 Å². The molecule has 2 amide bonds. The summed E-state index contributed by atoms with van der Waals surface area (Å²) in [5.74, 6) is -0.980. The highest BCUT2D eigenvalue weighted by molar-refractivity contribution is 6.39. The Balaban J connectivity index is 2.30. The van der Waals surface area contributed by atoms with E-state index in [-0.39, 0.29) is 6.10 Å². The van der Waals surface area contributed by atoms with Crippen molar-refractivity contribution in [2.45, 2.75) is 33.3 Å². The van der Waals surface area contributed by atoms with Gasteiger partial charge in [0, 0.05) is 19.3 Å². The number of nitrogens with zero attached hydrogens (tertiary/aromatic N) is 1. The Bertz CT molecular complexity index is 461. The van der Waals surface area contributed by atoms with Gasteiger partial charge in [-0.25, -0.2) is 4.98 Å². The molecule has 2 N–H and O–H groups in total. The van der Waals surface area contributed by atoms with Crippen molar-refractivity contribution in [1.82, 2.24) is 10.3 Å². The first-order valence-corrected chi connectivity index (χ1v) is 6.63. The van der Waals surface area contributed by atoms with Gasteiger partial charge in [0.25, 0.3) is 0 Å². The molecule has 0 aliphatic carbocycles. The molecule has 0 aliphatic rings. The van der Waals surface area contributed by atoms with Crippen LogP contribution in [0.4, 0.5) is 5.82 Å². The average molecular weight is 279 g/mol. The summed E-state index contributed by atoms with van der Waals surface area (Å²) in [6, 6.07) is 3.57. The largest absolute Gasteiger partial charge is 0.379 e. The zero-order chi connectivity index (χ0) is 15.0. The molecule has 0 spiro atoms. The van der Waals surface area contributed by atoms with E-state index in [2.05, 4.69) is 15.6 Å². The maximum absolute atomic E-state index is 11.6. The number of nitrogens with one attached hydrogen (secondary N) is 2. The van der Waals surface area contributed by atoms with Crippen molar-refractivity contribution in [3.63, 3.8) is 0 Å². The van der Waals surface area contributed by atoms with E-state index < -0.39 is 11.8 Å². The highest BCUT2D eigenvalue weighted by Crippen LogP contribution is 2.08. The lowest BCUT2D eigenvalue weighted by molar-refractivity contribution is -0.136. The van der Waals surface area contributed by atoms with Crippen molar-refractivity contribution < 1.29 is 14.3 Å². The quantitative estimate of drug-likeness (QED) is 0.607. The van der Waals surface area contributed by atoms with Crippen molar-refractivity contribution >= 4 is 17.6 Å². The summed E-state index contributed by atoms with van der Waals surface area (Å²) in [4.78, 5) is 27.2. The van der Waals surface area contributed by atoms with Gasteiger partial charge in [-0.15, -0.1) is 0 Å². The van der Waals surface area contributed by atoms with E-state index in [9.17, 15) is 9.59 Å². The van der Waals surface area contributed by atoms with Gasteiger partial charge >= 0.3 is 11.8 Å². The predicted molar refractivity (Wildman–Crippen MR) is 76.3 cm³/mol. The van der Waals surface area contributed by atoms with Crippen molar-refractivity contribution in [3.05, 3.63) is 23.9 Å². The number of aromatic nitrogens is 1. The first-order valence-electron chi connectivity index (χ1n) is 6.63. The van der Waals surface area contributed by atoms with Gasteiger partial charge in [0.15, 0.2) is 0 Å². The van der Waals surface area contributed by atoms with Gasteiger partial charge in [-0.3, -0.25) is 9.59 Å². The van der Waals surface area contributed by atoms with Crippen LogP contribution < -0.4 is 10.6 Å². The minimum absolute atomic E-state index is 0.168. The Hall–Kier alpha value is -1.95. The number of ether oxygens (including phenoxy) is 1. The SMILES string of the molecule is Cc1cccnc1NC(=O)C(=O)NCCCOC(C)C. The lowest BCUT2D eigenvalue weighted by atomic mass is 10.3. The second-order valence-electron chi connectivity index (χ2n) is 4.65. The normalized spacial score (nSPS) is 10.4. The van der Waals surface area contributed by atoms with Crippen LogP contribution in [-0.4, -0.2) is 36.1 Å². The number of aryl methyl sites for hydroxylation is 1. The molecule has 6 heteroatoms. The molecule has 1 heterocycles. The van der Waals surface area contributed by atoms with Crippen LogP contribution in [0.1, 0.15) is 25.8 Å². The molecule has 6 nitrogen and oxygen atoms in total. The average Bonchev–Trinajstić information content (AvgIpc) is 2.40. The Kier molecular flexibility index (Phi) is 6.66. The lowest BCUT2D eigenvalue weighted by Crippen LogP contribution is -2.36. The van der Waals surface area contributed by atoms with Crippen molar-refractivity contribution in [1.29, 1.82) is 0 Å². The molecule has 0 radical (unpaired) electrons. The highest BCUT2D eigenvalue weighted by atomic mass is 16.5. The molecular formula is C14H21N3O3. The Morgan fingerprint density at radius 3 is 2.75 bits per heavy atom. The zero-order valence-electron chi connectivity index (χ0n) is 12.1. The van der Waals surface area contributed by atoms with Crippen molar-refractivity contribution in [2.75, 3.05) is 18.5 Å². The number of rotatable bonds is 6. The van der Waals surface area contributed by atoms with Gasteiger partial charge in [-0.05, 0) is 38.8 Å². The van der Waals surface area contributed by atoms with Crippen LogP contribution in [0.15, 0.2) is 18.3 Å². The summed E-state index contributed by atoms with van der Waals surface area (Å²) in [6.45, 7) is 6.66. The second kappa shape index (κ2) is 8.27. The van der Waals surface area contributed by atoms with E-state index in [1.807, 2.05) is 26.8 Å². The molecule has 0 bridgehead atoms. The maximum atomic E-state index is 11.6. The number of anilines is 1. The maximum Gasteiger partial charge on any atom is 0.314 e. The van der Waals surface area contributed by atoms with Crippen molar-refractivity contribution in [2.24, 2.45) is 0 Å². The van der Waals surface area contributed by atoms with Crippen LogP contribution in [0.3, 0.4) is 0 Å². The third-order valence-corrected chi connectivity index (χ3v) is 2.51. The zero-order valence-corrected chi connectivity index (χ0v) is 12.1. The first-order chi connectivity index (χ1) is 9.50. The van der Waals surface area contributed by atoms with Gasteiger partial charge < -0.3 is 15.4 Å². The number of hydrogen-bond donors (Lipinski definition) is 2. The molecule has 0 saturated carbocycles. The third-order valence-electron chi connectivity index (χ3n) is 2.51. The molecule has 0 atom stereocenters. The molecule has 0 fully saturated rings. The summed E-state index contributed by atoms with van der Waals surface area (Å²) in [5.41, 5.74) is 0.805. The topological polar surface area (TPSA) is 80.3 Å². The molecule has 0 saturated heterocycles. The van der Waals surface area contributed by atoms with E-state index in [0.29, 0.717) is 25.4 Å². The summed E-state index contributed by atoms with van der Waals surface area (Å²) in [6.07, 6.45) is 2.39. The van der Waals surface area contributed by atoms with E-state index in [1.165, 1.54) is 0 Å². The molecule has 0 unspecified atom stereocenters. The molecule has 1 rings (SSSR count). The Labute approximate surface area is 118 Å². The minimum Gasteiger partial charge on any atom is -0.379 e. The number of carbonyl (C=O) groups excluding carboxylic acids is 2. The minimum atomic E-state index is -0.712. The molecule has 110 valence electrons. The predicted octanol–water partition coefficient (Wildman–Crippen LogP) is 1.26. The van der Waals surface area contributed by atoms with Gasteiger partial charge in [0.2, 0.25) is 0 Å². The summed E-state index contributed by atoms with van der Waals surface area (Å²) in [7, 11) is 0. The number of amides is 2. The first kappa shape index (κ1) is 16.1. The lowest BCUT2D eigenvalue weighted by Gasteiger charge is -2.09. The van der Waals surface area contributed by atoms with Gasteiger partial charge in [0.1, 0.15) is 5.82 Å². The number of carbonyl (C=O) groups is 2. The third kappa shape index (κ3) is 5.79. The van der Waals surface area contributed by atoms with Crippen LogP contribution in [0.5, 0.6) is 0 Å². The van der Waals surface area contributed by atoms with E-state index in [1.54, 1.807) is 12.3 Å². The fourth-order valence-corrected chi connectivity index (χ4v) is 1.45. The van der Waals surface area contributed by atoms with Gasteiger partial charge in [-0.1, -0.05) is 6.07 Å². The van der Waals surface area contributed by atoms with Gasteiger partial charge in [-0.2, -0.15) is 0 Å². The standard InChI is InChI=1S/C14H21N3O3/c1-10(2)20-9-5-8-16-13(18)14(19)17-12-11(3)6-4-7-15-12/h4,6-7,10H,5,8-9H2,1-3H3,(H,16,18)(H,15,17,19). The van der Waals surface area contributed by atoms with Crippen LogP contribution in [0.2, 0.25) is 0 Å². The monoisotopic (exact) mass is 279 g/mol. The van der Waals surface area contributed by atoms with E-state index in [4.69, 9.17) is 4.74 Å². The number of pyridine rings is 1. The Morgan fingerprint density at radius 1 is 1.35 bits per heavy atom. The summed E-state index contributed by atoms with van der Waals surface area (Å²) < 4.78 is 5.33. The van der Waals surface area contributed by atoms with Crippen LogP contribution in [-0.2, 0) is 14.3 Å². The summed E-state index contributed by atoms with van der Waals surface area (Å²) >= 11 is 0. The molecule has 1 aromatic rings. The molecule has 0 aliphatic heterocycles. The molecular weight excluding hydrogens is 258 g/mol. The fourth-order valence-electron chi connectivity index (χ4n) is 1.45. The Morgan fingerprint density at radius 2 is 2.10 bits per heavy atom. The van der Waals surface area contributed by atoms with E-state index >= 15 is 0 Å². The molecule has 0 aromatic carbocycles. The molecule has 20 heavy (non-hydrogen) atoms. The number of hydrogen-bond acceptors (Lipinski definition) is 4. The van der Waals surface area contributed by atoms with Crippen molar-refractivity contribution in [3.8, 4) is 0 Å². The smallest absolute Gasteiger partial charge is 0.314 e. The fraction of sp³-hybridized carbons (Fsp3) is 0.500. The van der Waals surface area contributed by atoms with Crippen LogP contribution in [0, 0.1) is 6.92 Å². The summed E-state index contributed by atoms with van der Waals surface area (Å²) in [5, 5.41) is 5.01. The van der Waals surface area contributed by atoms with Crippen LogP contribution in [0.25, 0.3) is 0 Å². The molecule has 1 aromatic heterocycles. The van der Waals surface area contributed by atoms with E-state index in [0.717, 1.165) is 5.56 Å². The second-order valence-corrected chi connectivity index (χ2v) is 4.65. The highest BCUT2D eigenvalue weighted by Gasteiger charge is 2.14. The van der Waals surface area contributed by atoms with Gasteiger partial charge in [0.05, 0.1) is 6.10 Å².